The van der Waals surface area contributed by atoms with Crippen molar-refractivity contribution in [2.24, 2.45) is 0 Å². The lowest BCUT2D eigenvalue weighted by Gasteiger charge is -2.30. The fraction of sp³-hybridized carbons (Fsp3) is 0.222. The highest BCUT2D eigenvalue weighted by atomic mass is 16.5. The van der Waals surface area contributed by atoms with Crippen molar-refractivity contribution < 1.29 is 9.94 Å². The van der Waals surface area contributed by atoms with Gasteiger partial charge in [0.2, 0.25) is 0 Å². The first-order chi connectivity index (χ1) is 10.3. The molecule has 0 aliphatic heterocycles. The number of hydroxylamine groups is 2. The van der Waals surface area contributed by atoms with Gasteiger partial charge in [0.1, 0.15) is 6.10 Å². The van der Waals surface area contributed by atoms with Gasteiger partial charge in [0.25, 0.3) is 0 Å². The minimum Gasteiger partial charge on any atom is -0.375 e. The Balaban J connectivity index is 2.15. The molecule has 1 N–H and O–H groups in total. The molecule has 2 aromatic rings. The van der Waals surface area contributed by atoms with Gasteiger partial charge >= 0.3 is 0 Å². The van der Waals surface area contributed by atoms with E-state index in [9.17, 15) is 5.21 Å². The molecule has 0 bridgehead atoms. The Morgan fingerprint density at radius 3 is 2.19 bits per heavy atom. The third kappa shape index (κ3) is 4.02. The van der Waals surface area contributed by atoms with E-state index < -0.39 is 0 Å². The van der Waals surface area contributed by atoms with Crippen LogP contribution in [0.15, 0.2) is 73.3 Å². The third-order valence-corrected chi connectivity index (χ3v) is 3.47. The van der Waals surface area contributed by atoms with Crippen LogP contribution in [-0.4, -0.2) is 23.4 Å². The smallest absolute Gasteiger partial charge is 0.103 e. The van der Waals surface area contributed by atoms with Crippen LogP contribution >= 0.6 is 0 Å². The van der Waals surface area contributed by atoms with Gasteiger partial charge < -0.3 is 9.94 Å². The quantitative estimate of drug-likeness (QED) is 0.619. The van der Waals surface area contributed by atoms with E-state index in [2.05, 4.69) is 6.58 Å². The number of hydrogen-bond donors (Lipinski definition) is 1. The maximum absolute atomic E-state index is 10.4. The molecule has 2 rings (SSSR count). The lowest BCUT2D eigenvalue weighted by atomic mass is 10.0. The van der Waals surface area contributed by atoms with Crippen molar-refractivity contribution in [1.82, 2.24) is 5.06 Å². The number of ether oxygens (including phenoxy) is 1. The highest BCUT2D eigenvalue weighted by Gasteiger charge is 2.25. The largest absolute Gasteiger partial charge is 0.375 e. The van der Waals surface area contributed by atoms with Crippen LogP contribution in [0.5, 0.6) is 0 Å². The van der Waals surface area contributed by atoms with Gasteiger partial charge in [-0.2, -0.15) is 5.06 Å². The molecule has 0 unspecified atom stereocenters. The average Bonchev–Trinajstić information content (AvgIpc) is 2.54. The molecule has 0 radical (unpaired) electrons. The van der Waals surface area contributed by atoms with E-state index in [1.54, 1.807) is 13.2 Å². The zero-order chi connectivity index (χ0) is 15.1. The van der Waals surface area contributed by atoms with Gasteiger partial charge in [0.05, 0.1) is 6.04 Å². The van der Waals surface area contributed by atoms with Crippen LogP contribution < -0.4 is 0 Å². The molecule has 21 heavy (non-hydrogen) atoms. The third-order valence-electron chi connectivity index (χ3n) is 3.47. The number of benzene rings is 2. The van der Waals surface area contributed by atoms with Gasteiger partial charge in [0, 0.05) is 13.7 Å². The minimum absolute atomic E-state index is 0.266. The van der Waals surface area contributed by atoms with Gasteiger partial charge in [-0.1, -0.05) is 66.7 Å². The molecule has 0 heterocycles. The molecular formula is C18H21NO2. The number of nitrogens with zero attached hydrogens (tertiary/aromatic N) is 1. The maximum atomic E-state index is 10.4. The van der Waals surface area contributed by atoms with Crippen LogP contribution in [0.25, 0.3) is 0 Å². The molecule has 3 nitrogen and oxygen atoms in total. The first-order valence-electron chi connectivity index (χ1n) is 6.96. The lowest BCUT2D eigenvalue weighted by Crippen LogP contribution is -2.36. The number of methoxy groups -OCH3 is 1. The molecule has 0 amide bonds. The second-order valence-corrected chi connectivity index (χ2v) is 4.88. The highest BCUT2D eigenvalue weighted by molar-refractivity contribution is 5.21. The van der Waals surface area contributed by atoms with Crippen LogP contribution in [0.2, 0.25) is 0 Å². The summed E-state index contributed by atoms with van der Waals surface area (Å²) in [6.45, 7) is 4.26. The van der Waals surface area contributed by atoms with E-state index in [4.69, 9.17) is 4.74 Å². The van der Waals surface area contributed by atoms with Crippen LogP contribution in [0.3, 0.4) is 0 Å². The van der Waals surface area contributed by atoms with E-state index in [0.29, 0.717) is 6.54 Å². The molecule has 0 aliphatic rings. The number of rotatable bonds is 7. The first-order valence-corrected chi connectivity index (χ1v) is 6.96. The van der Waals surface area contributed by atoms with Crippen molar-refractivity contribution in [2.45, 2.75) is 18.7 Å². The standard InChI is InChI=1S/C18H21NO2/c1-3-17(18(21-2)16-12-8-5-9-13-16)19(20)14-15-10-6-4-7-11-15/h3-13,17-18,20H,1,14H2,2H3/t17-,18-/m1/s1. The zero-order valence-corrected chi connectivity index (χ0v) is 12.2. The van der Waals surface area contributed by atoms with E-state index in [0.717, 1.165) is 11.1 Å². The summed E-state index contributed by atoms with van der Waals surface area (Å²) in [7, 11) is 1.64. The van der Waals surface area contributed by atoms with E-state index in [1.165, 1.54) is 5.06 Å². The minimum atomic E-state index is -0.322. The van der Waals surface area contributed by atoms with Gasteiger partial charge in [0.15, 0.2) is 0 Å². The molecule has 0 saturated carbocycles. The summed E-state index contributed by atoms with van der Waals surface area (Å²) >= 11 is 0. The second-order valence-electron chi connectivity index (χ2n) is 4.88. The molecular weight excluding hydrogens is 262 g/mol. The summed E-state index contributed by atoms with van der Waals surface area (Å²) in [5.74, 6) is 0. The van der Waals surface area contributed by atoms with Crippen molar-refractivity contribution >= 4 is 0 Å². The molecule has 0 aromatic heterocycles. The SMILES string of the molecule is C=C[C@H]([C@H](OC)c1ccccc1)N(O)Cc1ccccc1. The number of hydrogen-bond acceptors (Lipinski definition) is 3. The Morgan fingerprint density at radius 2 is 1.67 bits per heavy atom. The van der Waals surface area contributed by atoms with E-state index in [-0.39, 0.29) is 12.1 Å². The molecule has 2 aromatic carbocycles. The molecule has 3 heteroatoms. The van der Waals surface area contributed by atoms with Gasteiger partial charge in [-0.3, -0.25) is 0 Å². The summed E-state index contributed by atoms with van der Waals surface area (Å²) in [5.41, 5.74) is 2.05. The van der Waals surface area contributed by atoms with Crippen LogP contribution in [0, 0.1) is 0 Å². The van der Waals surface area contributed by atoms with Crippen LogP contribution in [0.1, 0.15) is 17.2 Å². The Bertz CT molecular complexity index is 542. The fourth-order valence-corrected chi connectivity index (χ4v) is 2.39. The Labute approximate surface area is 126 Å². The Morgan fingerprint density at radius 1 is 1.10 bits per heavy atom. The van der Waals surface area contributed by atoms with Crippen molar-refractivity contribution in [3.05, 3.63) is 84.4 Å². The summed E-state index contributed by atoms with van der Waals surface area (Å²) < 4.78 is 5.58. The van der Waals surface area contributed by atoms with Crippen molar-refractivity contribution in [3.63, 3.8) is 0 Å². The van der Waals surface area contributed by atoms with Crippen molar-refractivity contribution in [3.8, 4) is 0 Å². The lowest BCUT2D eigenvalue weighted by molar-refractivity contribution is -0.154. The fourth-order valence-electron chi connectivity index (χ4n) is 2.39. The predicted molar refractivity (Wildman–Crippen MR) is 83.9 cm³/mol. The van der Waals surface area contributed by atoms with Gasteiger partial charge in [-0.15, -0.1) is 6.58 Å². The molecule has 2 atom stereocenters. The van der Waals surface area contributed by atoms with E-state index in [1.807, 2.05) is 60.7 Å². The van der Waals surface area contributed by atoms with Crippen LogP contribution in [-0.2, 0) is 11.3 Å². The molecule has 110 valence electrons. The topological polar surface area (TPSA) is 32.7 Å². The van der Waals surface area contributed by atoms with Crippen molar-refractivity contribution in [2.75, 3.05) is 7.11 Å². The Kier molecular flexibility index (Phi) is 5.69. The van der Waals surface area contributed by atoms with Gasteiger partial charge in [-0.05, 0) is 11.1 Å². The average molecular weight is 283 g/mol. The summed E-state index contributed by atoms with van der Waals surface area (Å²) in [4.78, 5) is 0. The molecule has 0 spiro atoms. The highest BCUT2D eigenvalue weighted by Crippen LogP contribution is 2.25. The van der Waals surface area contributed by atoms with E-state index >= 15 is 0 Å². The molecule has 0 fully saturated rings. The first kappa shape index (κ1) is 15.4. The van der Waals surface area contributed by atoms with Crippen molar-refractivity contribution in [1.29, 1.82) is 0 Å². The zero-order valence-electron chi connectivity index (χ0n) is 12.2. The summed E-state index contributed by atoms with van der Waals surface area (Å²) in [5, 5.41) is 11.7. The molecule has 0 saturated heterocycles. The second kappa shape index (κ2) is 7.74. The maximum Gasteiger partial charge on any atom is 0.103 e. The summed E-state index contributed by atoms with van der Waals surface area (Å²) in [6, 6.07) is 19.4. The molecule has 0 aliphatic carbocycles. The monoisotopic (exact) mass is 283 g/mol. The van der Waals surface area contributed by atoms with Crippen LogP contribution in [0.4, 0.5) is 0 Å². The predicted octanol–water partition coefficient (Wildman–Crippen LogP) is 3.82. The summed E-state index contributed by atoms with van der Waals surface area (Å²) in [6.07, 6.45) is 1.45. The van der Waals surface area contributed by atoms with Gasteiger partial charge in [-0.25, -0.2) is 0 Å². The normalized spacial score (nSPS) is 13.9. The Hall–Kier alpha value is -1.94.